The van der Waals surface area contributed by atoms with Crippen LogP contribution in [0.4, 0.5) is 0 Å². The van der Waals surface area contributed by atoms with Crippen LogP contribution in [0.2, 0.25) is 0 Å². The van der Waals surface area contributed by atoms with E-state index in [1.54, 1.807) is 36.5 Å². The molecule has 0 fully saturated rings. The molecule has 1 aromatic carbocycles. The SMILES string of the molecule is COc1nccc(-c2ccc(S(C)(=O)=O)cc2)n1. The van der Waals surface area contributed by atoms with Crippen LogP contribution in [0.15, 0.2) is 41.4 Å². The summed E-state index contributed by atoms with van der Waals surface area (Å²) in [5.74, 6) is 0. The molecule has 0 atom stereocenters. The van der Waals surface area contributed by atoms with Gasteiger partial charge in [-0.25, -0.2) is 13.4 Å². The lowest BCUT2D eigenvalue weighted by atomic mass is 10.1. The fraction of sp³-hybridized carbons (Fsp3) is 0.167. The minimum absolute atomic E-state index is 0.277. The number of ether oxygens (including phenoxy) is 1. The van der Waals surface area contributed by atoms with Crippen molar-refractivity contribution in [1.29, 1.82) is 0 Å². The van der Waals surface area contributed by atoms with Gasteiger partial charge in [0, 0.05) is 18.0 Å². The summed E-state index contributed by atoms with van der Waals surface area (Å²) in [6.45, 7) is 0. The van der Waals surface area contributed by atoms with Gasteiger partial charge >= 0.3 is 6.01 Å². The molecule has 2 rings (SSSR count). The van der Waals surface area contributed by atoms with Gasteiger partial charge in [-0.2, -0.15) is 4.98 Å². The van der Waals surface area contributed by atoms with Crippen LogP contribution >= 0.6 is 0 Å². The summed E-state index contributed by atoms with van der Waals surface area (Å²) in [4.78, 5) is 8.37. The van der Waals surface area contributed by atoms with E-state index in [1.165, 1.54) is 13.4 Å². The largest absolute Gasteiger partial charge is 0.467 e. The van der Waals surface area contributed by atoms with Crippen LogP contribution in [0.25, 0.3) is 11.3 Å². The van der Waals surface area contributed by atoms with Gasteiger partial charge in [0.2, 0.25) is 0 Å². The fourth-order valence-electron chi connectivity index (χ4n) is 1.47. The first-order valence-electron chi connectivity index (χ1n) is 5.18. The summed E-state index contributed by atoms with van der Waals surface area (Å²) < 4.78 is 27.6. The molecule has 1 aromatic heterocycles. The second-order valence-corrected chi connectivity index (χ2v) is 5.74. The third-order valence-corrected chi connectivity index (χ3v) is 3.52. The Morgan fingerprint density at radius 1 is 1.11 bits per heavy atom. The van der Waals surface area contributed by atoms with Crippen LogP contribution in [0, 0.1) is 0 Å². The van der Waals surface area contributed by atoms with Gasteiger partial charge in [0.1, 0.15) is 0 Å². The molecular formula is C12H12N2O3S. The Kier molecular flexibility index (Phi) is 3.29. The Labute approximate surface area is 105 Å². The van der Waals surface area contributed by atoms with Crippen molar-refractivity contribution in [3.8, 4) is 17.3 Å². The Hall–Kier alpha value is -1.95. The van der Waals surface area contributed by atoms with E-state index in [0.29, 0.717) is 5.69 Å². The van der Waals surface area contributed by atoms with Gasteiger partial charge in [0.05, 0.1) is 17.7 Å². The lowest BCUT2D eigenvalue weighted by molar-refractivity contribution is 0.380. The Morgan fingerprint density at radius 2 is 1.78 bits per heavy atom. The zero-order valence-corrected chi connectivity index (χ0v) is 10.8. The number of hydrogen-bond donors (Lipinski definition) is 0. The first kappa shape index (κ1) is 12.5. The van der Waals surface area contributed by atoms with Crippen molar-refractivity contribution < 1.29 is 13.2 Å². The van der Waals surface area contributed by atoms with E-state index in [1.807, 2.05) is 0 Å². The molecule has 6 heteroatoms. The molecule has 2 aromatic rings. The van der Waals surface area contributed by atoms with Gasteiger partial charge in [-0.3, -0.25) is 0 Å². The molecule has 5 nitrogen and oxygen atoms in total. The van der Waals surface area contributed by atoms with Crippen molar-refractivity contribution in [2.24, 2.45) is 0 Å². The van der Waals surface area contributed by atoms with E-state index in [2.05, 4.69) is 9.97 Å². The molecule has 1 heterocycles. The molecule has 0 N–H and O–H groups in total. The quantitative estimate of drug-likeness (QED) is 0.841. The maximum atomic E-state index is 11.3. The zero-order chi connectivity index (χ0) is 13.2. The number of nitrogens with zero attached hydrogens (tertiary/aromatic N) is 2. The molecule has 0 aliphatic carbocycles. The Balaban J connectivity index is 2.40. The van der Waals surface area contributed by atoms with Crippen LogP contribution < -0.4 is 4.74 Å². The molecule has 0 amide bonds. The first-order chi connectivity index (χ1) is 8.50. The molecule has 0 unspecified atom stereocenters. The maximum absolute atomic E-state index is 11.3. The highest BCUT2D eigenvalue weighted by Crippen LogP contribution is 2.20. The summed E-state index contributed by atoms with van der Waals surface area (Å²) >= 11 is 0. The summed E-state index contributed by atoms with van der Waals surface area (Å²) in [6, 6.07) is 8.53. The van der Waals surface area contributed by atoms with Crippen LogP contribution in [0.5, 0.6) is 6.01 Å². The van der Waals surface area contributed by atoms with Crippen molar-refractivity contribution in [3.05, 3.63) is 36.5 Å². The van der Waals surface area contributed by atoms with E-state index < -0.39 is 9.84 Å². The maximum Gasteiger partial charge on any atom is 0.316 e. The lowest BCUT2D eigenvalue weighted by Crippen LogP contribution is -1.97. The second kappa shape index (κ2) is 4.73. The zero-order valence-electron chi connectivity index (χ0n) is 9.99. The van der Waals surface area contributed by atoms with Gasteiger partial charge in [0.15, 0.2) is 9.84 Å². The van der Waals surface area contributed by atoms with E-state index in [4.69, 9.17) is 4.74 Å². The van der Waals surface area contributed by atoms with Gasteiger partial charge in [-0.05, 0) is 18.2 Å². The molecule has 0 radical (unpaired) electrons. The smallest absolute Gasteiger partial charge is 0.316 e. The number of aromatic nitrogens is 2. The molecule has 0 saturated carbocycles. The lowest BCUT2D eigenvalue weighted by Gasteiger charge is -2.03. The van der Waals surface area contributed by atoms with E-state index in [-0.39, 0.29) is 10.9 Å². The van der Waals surface area contributed by atoms with Crippen molar-refractivity contribution in [1.82, 2.24) is 9.97 Å². The number of benzene rings is 1. The van der Waals surface area contributed by atoms with Crippen LogP contribution in [-0.2, 0) is 9.84 Å². The summed E-state index contributed by atoms with van der Waals surface area (Å²) in [5.41, 5.74) is 1.49. The molecule has 0 aliphatic rings. The highest BCUT2D eigenvalue weighted by Gasteiger charge is 2.07. The predicted octanol–water partition coefficient (Wildman–Crippen LogP) is 1.56. The molecule has 0 spiro atoms. The number of hydrogen-bond acceptors (Lipinski definition) is 5. The minimum Gasteiger partial charge on any atom is -0.467 e. The number of methoxy groups -OCH3 is 1. The standard InChI is InChI=1S/C12H12N2O3S/c1-17-12-13-8-7-11(14-12)9-3-5-10(6-4-9)18(2,15)16/h3-8H,1-2H3. The van der Waals surface area contributed by atoms with E-state index >= 15 is 0 Å². The monoisotopic (exact) mass is 264 g/mol. The Bertz CT molecular complexity index is 651. The van der Waals surface area contributed by atoms with Crippen LogP contribution in [0.1, 0.15) is 0 Å². The summed E-state index contributed by atoms with van der Waals surface area (Å²) in [6.07, 6.45) is 2.77. The second-order valence-electron chi connectivity index (χ2n) is 3.73. The van der Waals surface area contributed by atoms with Gasteiger partial charge in [-0.15, -0.1) is 0 Å². The minimum atomic E-state index is -3.17. The number of rotatable bonds is 3. The topological polar surface area (TPSA) is 69.2 Å². The van der Waals surface area contributed by atoms with Crippen molar-refractivity contribution in [2.45, 2.75) is 4.90 Å². The normalized spacial score (nSPS) is 11.2. The van der Waals surface area contributed by atoms with Crippen molar-refractivity contribution in [2.75, 3.05) is 13.4 Å². The average Bonchev–Trinajstić information content (AvgIpc) is 2.38. The summed E-state index contributed by atoms with van der Waals surface area (Å²) in [5, 5.41) is 0. The molecule has 0 bridgehead atoms. The molecule has 94 valence electrons. The predicted molar refractivity (Wildman–Crippen MR) is 67.1 cm³/mol. The van der Waals surface area contributed by atoms with Gasteiger partial charge < -0.3 is 4.74 Å². The van der Waals surface area contributed by atoms with E-state index in [9.17, 15) is 8.42 Å². The van der Waals surface area contributed by atoms with E-state index in [0.717, 1.165) is 5.56 Å². The highest BCUT2D eigenvalue weighted by molar-refractivity contribution is 7.90. The van der Waals surface area contributed by atoms with Crippen LogP contribution in [-0.4, -0.2) is 31.8 Å². The molecular weight excluding hydrogens is 252 g/mol. The highest BCUT2D eigenvalue weighted by atomic mass is 32.2. The first-order valence-corrected chi connectivity index (χ1v) is 7.07. The van der Waals surface area contributed by atoms with Gasteiger partial charge in [0.25, 0.3) is 0 Å². The number of sulfone groups is 1. The molecule has 0 saturated heterocycles. The molecule has 0 aliphatic heterocycles. The Morgan fingerprint density at radius 3 is 2.33 bits per heavy atom. The van der Waals surface area contributed by atoms with Crippen molar-refractivity contribution in [3.63, 3.8) is 0 Å². The molecule has 18 heavy (non-hydrogen) atoms. The fourth-order valence-corrected chi connectivity index (χ4v) is 2.10. The third-order valence-electron chi connectivity index (χ3n) is 2.39. The average molecular weight is 264 g/mol. The summed E-state index contributed by atoms with van der Waals surface area (Å²) in [7, 11) is -1.68. The van der Waals surface area contributed by atoms with Gasteiger partial charge in [-0.1, -0.05) is 12.1 Å². The van der Waals surface area contributed by atoms with Crippen LogP contribution in [0.3, 0.4) is 0 Å². The third kappa shape index (κ3) is 2.65. The van der Waals surface area contributed by atoms with Crippen molar-refractivity contribution >= 4 is 9.84 Å².